The van der Waals surface area contributed by atoms with E-state index in [1.807, 2.05) is 37.3 Å². The third-order valence-corrected chi connectivity index (χ3v) is 8.38. The van der Waals surface area contributed by atoms with Crippen molar-refractivity contribution < 1.29 is 22.3 Å². The molecular formula is C29H27FN2O4S2. The van der Waals surface area contributed by atoms with Gasteiger partial charge in [-0.05, 0) is 85.3 Å². The van der Waals surface area contributed by atoms with Gasteiger partial charge in [0.2, 0.25) is 5.91 Å². The molecule has 4 aromatic rings. The second-order valence-corrected chi connectivity index (χ2v) is 11.2. The average molecular weight is 551 g/mol. The number of anilines is 2. The van der Waals surface area contributed by atoms with Crippen molar-refractivity contribution in [1.82, 2.24) is 0 Å². The molecule has 6 nitrogen and oxygen atoms in total. The van der Waals surface area contributed by atoms with Crippen LogP contribution in [0.2, 0.25) is 0 Å². The van der Waals surface area contributed by atoms with E-state index in [-0.39, 0.29) is 10.6 Å². The summed E-state index contributed by atoms with van der Waals surface area (Å²) in [6, 6.07) is 28.4. The lowest BCUT2D eigenvalue weighted by Crippen LogP contribution is -2.38. The first kappa shape index (κ1) is 27.2. The number of sulfonamides is 1. The number of halogens is 1. The summed E-state index contributed by atoms with van der Waals surface area (Å²) in [5.74, 6) is 0.279. The Kier molecular flexibility index (Phi) is 9.04. The van der Waals surface area contributed by atoms with Gasteiger partial charge in [-0.1, -0.05) is 30.3 Å². The molecule has 0 radical (unpaired) electrons. The summed E-state index contributed by atoms with van der Waals surface area (Å²) >= 11 is 1.71. The Morgan fingerprint density at radius 3 is 2.18 bits per heavy atom. The van der Waals surface area contributed by atoms with Crippen molar-refractivity contribution in [3.63, 3.8) is 0 Å². The molecule has 4 rings (SSSR count). The highest BCUT2D eigenvalue weighted by molar-refractivity contribution is 7.98. The highest BCUT2D eigenvalue weighted by Gasteiger charge is 2.27. The minimum atomic E-state index is -4.16. The number of amides is 1. The van der Waals surface area contributed by atoms with Crippen molar-refractivity contribution in [3.8, 4) is 5.75 Å². The molecule has 196 valence electrons. The molecule has 0 bridgehead atoms. The van der Waals surface area contributed by atoms with Crippen LogP contribution in [0, 0.1) is 5.82 Å². The summed E-state index contributed by atoms with van der Waals surface area (Å²) in [6.07, 6.45) is 0. The van der Waals surface area contributed by atoms with Crippen LogP contribution < -0.4 is 14.4 Å². The lowest BCUT2D eigenvalue weighted by molar-refractivity contribution is -0.114. The molecule has 1 amide bonds. The molecule has 0 atom stereocenters. The van der Waals surface area contributed by atoms with Gasteiger partial charge in [-0.2, -0.15) is 0 Å². The Morgan fingerprint density at radius 2 is 1.55 bits per heavy atom. The monoisotopic (exact) mass is 550 g/mol. The van der Waals surface area contributed by atoms with Crippen LogP contribution in [0.5, 0.6) is 5.75 Å². The zero-order chi connectivity index (χ0) is 27.0. The second-order valence-electron chi connectivity index (χ2n) is 8.24. The molecule has 9 heteroatoms. The summed E-state index contributed by atoms with van der Waals surface area (Å²) in [6.45, 7) is 1.83. The van der Waals surface area contributed by atoms with Gasteiger partial charge in [-0.25, -0.2) is 12.8 Å². The van der Waals surface area contributed by atoms with Crippen molar-refractivity contribution in [2.75, 3.05) is 22.8 Å². The fourth-order valence-electron chi connectivity index (χ4n) is 3.62. The van der Waals surface area contributed by atoms with Gasteiger partial charge in [0.25, 0.3) is 10.0 Å². The lowest BCUT2D eigenvalue weighted by atomic mass is 10.2. The molecule has 0 aliphatic heterocycles. The molecule has 0 aliphatic carbocycles. The van der Waals surface area contributed by atoms with Gasteiger partial charge in [0.15, 0.2) is 0 Å². The van der Waals surface area contributed by atoms with Crippen LogP contribution in [0.4, 0.5) is 15.8 Å². The number of ether oxygens (including phenoxy) is 1. The predicted octanol–water partition coefficient (Wildman–Crippen LogP) is 6.35. The van der Waals surface area contributed by atoms with E-state index in [1.165, 1.54) is 17.0 Å². The maximum atomic E-state index is 13.5. The first-order valence-corrected chi connectivity index (χ1v) is 14.4. The molecule has 0 spiro atoms. The maximum absolute atomic E-state index is 13.5. The molecule has 0 aromatic heterocycles. The Morgan fingerprint density at radius 1 is 0.895 bits per heavy atom. The van der Waals surface area contributed by atoms with Crippen molar-refractivity contribution in [1.29, 1.82) is 0 Å². The number of rotatable bonds is 11. The van der Waals surface area contributed by atoms with Crippen molar-refractivity contribution in [2.45, 2.75) is 22.5 Å². The van der Waals surface area contributed by atoms with E-state index in [4.69, 9.17) is 4.74 Å². The Labute approximate surface area is 226 Å². The largest absolute Gasteiger partial charge is 0.494 e. The third-order valence-electron chi connectivity index (χ3n) is 5.51. The average Bonchev–Trinajstić information content (AvgIpc) is 2.93. The normalized spacial score (nSPS) is 11.1. The SMILES string of the molecule is CCOc1ccc(N(CC(=O)Nc2ccc(CSc3ccccc3)cc2)S(=O)(=O)c2ccc(F)cc2)cc1. The van der Waals surface area contributed by atoms with E-state index >= 15 is 0 Å². The smallest absolute Gasteiger partial charge is 0.264 e. The maximum Gasteiger partial charge on any atom is 0.264 e. The van der Waals surface area contributed by atoms with Crippen molar-refractivity contribution >= 4 is 39.1 Å². The van der Waals surface area contributed by atoms with E-state index in [0.717, 1.165) is 27.8 Å². The number of hydrogen-bond acceptors (Lipinski definition) is 5. The molecule has 38 heavy (non-hydrogen) atoms. The zero-order valence-electron chi connectivity index (χ0n) is 20.7. The summed E-state index contributed by atoms with van der Waals surface area (Å²) in [5, 5.41) is 2.77. The topological polar surface area (TPSA) is 75.7 Å². The Hall–Kier alpha value is -3.82. The van der Waals surface area contributed by atoms with Gasteiger partial charge in [-0.15, -0.1) is 11.8 Å². The predicted molar refractivity (Wildman–Crippen MR) is 150 cm³/mol. The van der Waals surface area contributed by atoms with Crippen LogP contribution in [-0.2, 0) is 20.6 Å². The Balaban J connectivity index is 1.49. The third kappa shape index (κ3) is 7.14. The molecule has 0 aliphatic rings. The van der Waals surface area contributed by atoms with E-state index in [9.17, 15) is 17.6 Å². The molecular weight excluding hydrogens is 523 g/mol. The summed E-state index contributed by atoms with van der Waals surface area (Å²) in [4.78, 5) is 14.0. The Bertz CT molecular complexity index is 1450. The van der Waals surface area contributed by atoms with Gasteiger partial charge >= 0.3 is 0 Å². The first-order valence-electron chi connectivity index (χ1n) is 11.9. The first-order chi connectivity index (χ1) is 18.3. The van der Waals surface area contributed by atoms with Crippen molar-refractivity contribution in [2.24, 2.45) is 0 Å². The lowest BCUT2D eigenvalue weighted by Gasteiger charge is -2.24. The highest BCUT2D eigenvalue weighted by Crippen LogP contribution is 2.27. The summed E-state index contributed by atoms with van der Waals surface area (Å²) < 4.78 is 46.8. The van der Waals surface area contributed by atoms with Gasteiger partial charge in [0.1, 0.15) is 18.1 Å². The van der Waals surface area contributed by atoms with Gasteiger partial charge in [-0.3, -0.25) is 9.10 Å². The fourth-order valence-corrected chi connectivity index (χ4v) is 5.92. The number of nitrogens with one attached hydrogen (secondary N) is 1. The van der Waals surface area contributed by atoms with Crippen LogP contribution in [0.15, 0.2) is 113 Å². The number of benzene rings is 4. The molecule has 1 N–H and O–H groups in total. The van der Waals surface area contributed by atoms with E-state index in [2.05, 4.69) is 17.4 Å². The molecule has 0 unspecified atom stereocenters. The fraction of sp³-hybridized carbons (Fsp3) is 0.138. The van der Waals surface area contributed by atoms with Crippen LogP contribution >= 0.6 is 11.8 Å². The number of nitrogens with zero attached hydrogens (tertiary/aromatic N) is 1. The van der Waals surface area contributed by atoms with Crippen LogP contribution in [0.3, 0.4) is 0 Å². The molecule has 0 heterocycles. The quantitative estimate of drug-likeness (QED) is 0.220. The minimum absolute atomic E-state index is 0.124. The number of carbonyl (C=O) groups is 1. The van der Waals surface area contributed by atoms with Gasteiger partial charge in [0.05, 0.1) is 17.2 Å². The summed E-state index contributed by atoms with van der Waals surface area (Å²) in [5.41, 5.74) is 1.92. The van der Waals surface area contributed by atoms with E-state index < -0.39 is 28.3 Å². The van der Waals surface area contributed by atoms with Gasteiger partial charge < -0.3 is 10.1 Å². The van der Waals surface area contributed by atoms with Crippen LogP contribution in [0.1, 0.15) is 12.5 Å². The minimum Gasteiger partial charge on any atom is -0.494 e. The molecule has 0 saturated heterocycles. The molecule has 4 aromatic carbocycles. The standard InChI is InChI=1S/C29H27FN2O4S2/c1-2-36-26-16-14-25(15-17-26)32(38(34,35)28-18-10-23(30)11-19-28)20-29(33)31-24-12-8-22(9-13-24)21-37-27-6-4-3-5-7-27/h3-19H,2,20-21H2,1H3,(H,31,33). The summed E-state index contributed by atoms with van der Waals surface area (Å²) in [7, 11) is -4.16. The number of carbonyl (C=O) groups excluding carboxylic acids is 1. The zero-order valence-corrected chi connectivity index (χ0v) is 22.3. The number of thioether (sulfide) groups is 1. The van der Waals surface area contributed by atoms with Gasteiger partial charge in [0, 0.05) is 16.3 Å². The van der Waals surface area contributed by atoms with E-state index in [1.54, 1.807) is 48.2 Å². The molecule has 0 fully saturated rings. The highest BCUT2D eigenvalue weighted by atomic mass is 32.2. The van der Waals surface area contributed by atoms with Crippen LogP contribution in [0.25, 0.3) is 0 Å². The molecule has 0 saturated carbocycles. The second kappa shape index (κ2) is 12.6. The van der Waals surface area contributed by atoms with Crippen LogP contribution in [-0.4, -0.2) is 27.5 Å². The number of hydrogen-bond donors (Lipinski definition) is 1. The van der Waals surface area contributed by atoms with E-state index in [0.29, 0.717) is 18.0 Å². The van der Waals surface area contributed by atoms with Crippen molar-refractivity contribution in [3.05, 3.63) is 115 Å².